The summed E-state index contributed by atoms with van der Waals surface area (Å²) in [5.74, 6) is -0.302. The van der Waals surface area contributed by atoms with Crippen LogP contribution >= 0.6 is 15.9 Å². The minimum atomic E-state index is -0.302. The third-order valence-electron chi connectivity index (χ3n) is 2.50. The summed E-state index contributed by atoms with van der Waals surface area (Å²) in [7, 11) is 0. The molecule has 0 aliphatic heterocycles. The summed E-state index contributed by atoms with van der Waals surface area (Å²) in [4.78, 5) is 2.00. The number of hydrogen-bond acceptors (Lipinski definition) is 3. The maximum atomic E-state index is 13.5. The molecule has 1 aromatic rings. The second-order valence-electron chi connectivity index (χ2n) is 3.60. The first-order valence-electron chi connectivity index (χ1n) is 5.67. The summed E-state index contributed by atoms with van der Waals surface area (Å²) >= 11 is 3.12. The fourth-order valence-electron chi connectivity index (χ4n) is 1.59. The highest BCUT2D eigenvalue weighted by atomic mass is 79.9. The molecule has 0 atom stereocenters. The summed E-state index contributed by atoms with van der Waals surface area (Å²) in [5, 5.41) is 0. The van der Waals surface area contributed by atoms with Crippen molar-refractivity contribution in [1.82, 2.24) is 0 Å². The molecule has 1 aromatic carbocycles. The molecule has 96 valence electrons. The molecule has 3 nitrogen and oxygen atoms in total. The molecule has 0 spiro atoms. The van der Waals surface area contributed by atoms with Crippen LogP contribution in [0.1, 0.15) is 13.8 Å². The van der Waals surface area contributed by atoms with Crippen LogP contribution in [0.15, 0.2) is 16.6 Å². The van der Waals surface area contributed by atoms with Gasteiger partial charge in [0.05, 0.1) is 22.5 Å². The summed E-state index contributed by atoms with van der Waals surface area (Å²) in [6.07, 6.45) is 0. The zero-order valence-electron chi connectivity index (χ0n) is 10.2. The van der Waals surface area contributed by atoms with Gasteiger partial charge in [-0.1, -0.05) is 0 Å². The van der Waals surface area contributed by atoms with E-state index in [4.69, 9.17) is 10.5 Å². The fourth-order valence-corrected chi connectivity index (χ4v) is 1.95. The van der Waals surface area contributed by atoms with Crippen LogP contribution in [0.5, 0.6) is 0 Å². The van der Waals surface area contributed by atoms with Crippen molar-refractivity contribution in [3.8, 4) is 0 Å². The first-order valence-corrected chi connectivity index (χ1v) is 6.46. The molecule has 17 heavy (non-hydrogen) atoms. The van der Waals surface area contributed by atoms with Gasteiger partial charge in [-0.25, -0.2) is 4.39 Å². The molecule has 0 aliphatic rings. The van der Waals surface area contributed by atoms with Gasteiger partial charge in [0, 0.05) is 25.8 Å². The molecule has 0 heterocycles. The maximum Gasteiger partial charge on any atom is 0.139 e. The number of halogens is 2. The fraction of sp³-hybridized carbons (Fsp3) is 0.500. The van der Waals surface area contributed by atoms with Gasteiger partial charge >= 0.3 is 0 Å². The van der Waals surface area contributed by atoms with Crippen molar-refractivity contribution in [2.24, 2.45) is 0 Å². The van der Waals surface area contributed by atoms with Crippen LogP contribution in [0, 0.1) is 5.82 Å². The number of benzene rings is 1. The number of anilines is 2. The van der Waals surface area contributed by atoms with E-state index in [2.05, 4.69) is 15.9 Å². The molecule has 2 N–H and O–H groups in total. The molecule has 0 saturated heterocycles. The predicted octanol–water partition coefficient (Wildman–Crippen LogP) is 3.03. The van der Waals surface area contributed by atoms with Gasteiger partial charge in [-0.15, -0.1) is 0 Å². The number of nitrogen functional groups attached to an aromatic ring is 1. The molecule has 0 fully saturated rings. The second kappa shape index (κ2) is 6.81. The topological polar surface area (TPSA) is 38.5 Å². The summed E-state index contributed by atoms with van der Waals surface area (Å²) in [6, 6.07) is 3.04. The minimum Gasteiger partial charge on any atom is -0.397 e. The summed E-state index contributed by atoms with van der Waals surface area (Å²) < 4.78 is 19.2. The lowest BCUT2D eigenvalue weighted by Crippen LogP contribution is -2.28. The van der Waals surface area contributed by atoms with Crippen LogP contribution in [-0.2, 0) is 4.74 Å². The average Bonchev–Trinajstić information content (AvgIpc) is 2.30. The van der Waals surface area contributed by atoms with Crippen LogP contribution < -0.4 is 10.6 Å². The van der Waals surface area contributed by atoms with E-state index in [0.717, 1.165) is 6.54 Å². The summed E-state index contributed by atoms with van der Waals surface area (Å²) in [5.41, 5.74) is 7.17. The molecule has 0 saturated carbocycles. The van der Waals surface area contributed by atoms with Gasteiger partial charge in [0.25, 0.3) is 0 Å². The molecule has 0 bridgehead atoms. The Labute approximate surface area is 110 Å². The van der Waals surface area contributed by atoms with Crippen LogP contribution in [0.2, 0.25) is 0 Å². The van der Waals surface area contributed by atoms with Crippen molar-refractivity contribution < 1.29 is 9.13 Å². The molecular weight excluding hydrogens is 287 g/mol. The van der Waals surface area contributed by atoms with Crippen LogP contribution in [-0.4, -0.2) is 26.3 Å². The lowest BCUT2D eigenvalue weighted by Gasteiger charge is -2.24. The van der Waals surface area contributed by atoms with E-state index in [0.29, 0.717) is 35.6 Å². The molecule has 0 aromatic heterocycles. The SMILES string of the molecule is CCOCCN(CC)c1cc(F)c(Br)cc1N. The number of likely N-dealkylation sites (N-methyl/N-ethyl adjacent to an activating group) is 1. The largest absolute Gasteiger partial charge is 0.397 e. The van der Waals surface area contributed by atoms with Crippen molar-refractivity contribution in [3.05, 3.63) is 22.4 Å². The highest BCUT2D eigenvalue weighted by Crippen LogP contribution is 2.29. The zero-order valence-corrected chi connectivity index (χ0v) is 11.8. The Morgan fingerprint density at radius 3 is 2.71 bits per heavy atom. The third-order valence-corrected chi connectivity index (χ3v) is 3.11. The quantitative estimate of drug-likeness (QED) is 0.648. The molecule has 0 amide bonds. The van der Waals surface area contributed by atoms with Crippen molar-refractivity contribution in [2.75, 3.05) is 36.9 Å². The number of rotatable bonds is 6. The lowest BCUT2D eigenvalue weighted by atomic mass is 10.2. The molecule has 0 unspecified atom stereocenters. The van der Waals surface area contributed by atoms with E-state index in [-0.39, 0.29) is 5.82 Å². The molecular formula is C12H18BrFN2O. The van der Waals surface area contributed by atoms with Gasteiger partial charge in [0.2, 0.25) is 0 Å². The van der Waals surface area contributed by atoms with E-state index >= 15 is 0 Å². The Balaban J connectivity index is 2.84. The monoisotopic (exact) mass is 304 g/mol. The first kappa shape index (κ1) is 14.3. The minimum absolute atomic E-state index is 0.302. The number of ether oxygens (including phenoxy) is 1. The van der Waals surface area contributed by atoms with Crippen molar-refractivity contribution in [2.45, 2.75) is 13.8 Å². The highest BCUT2D eigenvalue weighted by molar-refractivity contribution is 9.10. The molecule has 5 heteroatoms. The Morgan fingerprint density at radius 1 is 1.41 bits per heavy atom. The molecule has 0 radical (unpaired) electrons. The standard InChI is InChI=1S/C12H18BrFN2O/c1-3-16(5-6-17-4-2)12-8-10(14)9(13)7-11(12)15/h7-8H,3-6,15H2,1-2H3. The van der Waals surface area contributed by atoms with E-state index in [9.17, 15) is 4.39 Å². The Hall–Kier alpha value is -0.810. The molecule has 1 rings (SSSR count). The number of nitrogens with zero attached hydrogens (tertiary/aromatic N) is 1. The van der Waals surface area contributed by atoms with Gasteiger partial charge in [-0.05, 0) is 35.8 Å². The number of hydrogen-bond donors (Lipinski definition) is 1. The van der Waals surface area contributed by atoms with Gasteiger partial charge in [0.1, 0.15) is 5.82 Å². The van der Waals surface area contributed by atoms with Crippen LogP contribution in [0.25, 0.3) is 0 Å². The van der Waals surface area contributed by atoms with Gasteiger partial charge in [0.15, 0.2) is 0 Å². The van der Waals surface area contributed by atoms with E-state index < -0.39 is 0 Å². The average molecular weight is 305 g/mol. The van der Waals surface area contributed by atoms with Crippen molar-refractivity contribution in [1.29, 1.82) is 0 Å². The number of nitrogens with two attached hydrogens (primary N) is 1. The van der Waals surface area contributed by atoms with Crippen LogP contribution in [0.4, 0.5) is 15.8 Å². The first-order chi connectivity index (χ1) is 8.10. The second-order valence-corrected chi connectivity index (χ2v) is 4.46. The van der Waals surface area contributed by atoms with Crippen molar-refractivity contribution in [3.63, 3.8) is 0 Å². The predicted molar refractivity (Wildman–Crippen MR) is 72.9 cm³/mol. The molecule has 0 aliphatic carbocycles. The van der Waals surface area contributed by atoms with Gasteiger partial charge in [-0.3, -0.25) is 0 Å². The van der Waals surface area contributed by atoms with Crippen molar-refractivity contribution >= 4 is 27.3 Å². The smallest absolute Gasteiger partial charge is 0.139 e. The Bertz CT molecular complexity index is 374. The van der Waals surface area contributed by atoms with E-state index in [1.807, 2.05) is 18.7 Å². The van der Waals surface area contributed by atoms with Gasteiger partial charge in [-0.2, -0.15) is 0 Å². The zero-order chi connectivity index (χ0) is 12.8. The maximum absolute atomic E-state index is 13.5. The Kier molecular flexibility index (Phi) is 5.71. The Morgan fingerprint density at radius 2 is 2.12 bits per heavy atom. The van der Waals surface area contributed by atoms with Crippen LogP contribution in [0.3, 0.4) is 0 Å². The summed E-state index contributed by atoms with van der Waals surface area (Å²) in [6.45, 7) is 6.71. The van der Waals surface area contributed by atoms with Gasteiger partial charge < -0.3 is 15.4 Å². The third kappa shape index (κ3) is 3.85. The van der Waals surface area contributed by atoms with E-state index in [1.54, 1.807) is 6.07 Å². The van der Waals surface area contributed by atoms with E-state index in [1.165, 1.54) is 6.07 Å². The lowest BCUT2D eigenvalue weighted by molar-refractivity contribution is 0.154. The highest BCUT2D eigenvalue weighted by Gasteiger charge is 2.11. The normalized spacial score (nSPS) is 10.6.